The molecule has 1 rings (SSSR count). The molecule has 4 heteroatoms. The highest BCUT2D eigenvalue weighted by Gasteiger charge is 2.11. The van der Waals surface area contributed by atoms with Gasteiger partial charge >= 0.3 is 0 Å². The highest BCUT2D eigenvalue weighted by molar-refractivity contribution is 5.77. The normalized spacial score (nSPS) is 10.2. The first-order valence-electron chi connectivity index (χ1n) is 5.41. The minimum atomic E-state index is 0.127. The van der Waals surface area contributed by atoms with Crippen LogP contribution < -0.4 is 10.3 Å². The van der Waals surface area contributed by atoms with Crippen molar-refractivity contribution in [3.8, 4) is 5.75 Å². The summed E-state index contributed by atoms with van der Waals surface area (Å²) in [5.74, 6) is 0.570. The molecule has 0 spiro atoms. The third-order valence-electron chi connectivity index (χ3n) is 2.46. The van der Waals surface area contributed by atoms with Crippen LogP contribution >= 0.6 is 0 Å². The lowest BCUT2D eigenvalue weighted by atomic mass is 10.2. The van der Waals surface area contributed by atoms with E-state index in [1.165, 1.54) is 0 Å². The molecule has 1 aromatic carbocycles. The number of hydrogen-bond acceptors (Lipinski definition) is 3. The van der Waals surface area contributed by atoms with Gasteiger partial charge in [0.1, 0.15) is 6.29 Å². The average Bonchev–Trinajstić information content (AvgIpc) is 2.35. The molecule has 0 aliphatic carbocycles. The molecule has 4 nitrogen and oxygen atoms in total. The first-order chi connectivity index (χ1) is 7.74. The molecule has 1 aromatic rings. The summed E-state index contributed by atoms with van der Waals surface area (Å²) >= 11 is 0. The van der Waals surface area contributed by atoms with E-state index in [1.807, 2.05) is 0 Å². The first kappa shape index (κ1) is 12.4. The maximum Gasteiger partial charge on any atom is 0.171 e. The molecule has 0 radical (unpaired) electrons. The summed E-state index contributed by atoms with van der Waals surface area (Å²) in [4.78, 5) is 10.7. The smallest absolute Gasteiger partial charge is 0.171 e. The van der Waals surface area contributed by atoms with Crippen LogP contribution in [0, 0.1) is 0 Å². The number of carbonyl (C=O) groups excluding carboxylic acids is 1. The van der Waals surface area contributed by atoms with Gasteiger partial charge in [-0.05, 0) is 36.2 Å². The Morgan fingerprint density at radius 1 is 1.44 bits per heavy atom. The molecule has 0 aliphatic rings. The highest BCUT2D eigenvalue weighted by Crippen LogP contribution is 2.29. The largest absolute Gasteiger partial charge is 0.488 e. The predicted molar refractivity (Wildman–Crippen MR) is 60.8 cm³/mol. The van der Waals surface area contributed by atoms with E-state index in [9.17, 15) is 4.79 Å². The second kappa shape index (κ2) is 6.00. The van der Waals surface area contributed by atoms with Crippen molar-refractivity contribution in [3.05, 3.63) is 23.8 Å². The van der Waals surface area contributed by atoms with Crippen molar-refractivity contribution >= 4 is 12.0 Å². The molecule has 0 aliphatic heterocycles. The fraction of sp³-hybridized carbons (Fsp3) is 0.417. The lowest BCUT2D eigenvalue weighted by molar-refractivity contribution is -0.210. The van der Waals surface area contributed by atoms with Crippen LogP contribution in [0.2, 0.25) is 0 Å². The van der Waals surface area contributed by atoms with Crippen molar-refractivity contribution in [2.45, 2.75) is 32.8 Å². The van der Waals surface area contributed by atoms with Gasteiger partial charge in [0.15, 0.2) is 11.4 Å². The number of ether oxygens (including phenoxy) is 1. The van der Waals surface area contributed by atoms with E-state index in [2.05, 4.69) is 19.0 Å². The standard InChI is InChI=1S/C12H16N2O2/c1-3-10(4-2)16-12-7-9(8-15)5-6-11(12)14-13/h5-8,10,13H,3-4H2,1-2H3/p+1. The maximum absolute atomic E-state index is 10.7. The zero-order valence-electron chi connectivity index (χ0n) is 9.64. The number of carbonyl (C=O) groups is 1. The number of aldehydes is 1. The van der Waals surface area contributed by atoms with Crippen molar-refractivity contribution in [2.75, 3.05) is 0 Å². The van der Waals surface area contributed by atoms with E-state index in [-0.39, 0.29) is 6.10 Å². The van der Waals surface area contributed by atoms with Gasteiger partial charge in [0, 0.05) is 5.56 Å². The van der Waals surface area contributed by atoms with E-state index < -0.39 is 0 Å². The van der Waals surface area contributed by atoms with Crippen LogP contribution in [0.25, 0.3) is 0 Å². The minimum absolute atomic E-state index is 0.127. The zero-order chi connectivity index (χ0) is 12.0. The van der Waals surface area contributed by atoms with Crippen molar-refractivity contribution in [1.29, 1.82) is 0 Å². The molecule has 86 valence electrons. The predicted octanol–water partition coefficient (Wildman–Crippen LogP) is 1.91. The molecule has 2 N–H and O–H groups in total. The molecule has 0 saturated carbocycles. The van der Waals surface area contributed by atoms with Crippen molar-refractivity contribution in [3.63, 3.8) is 0 Å². The number of benzene rings is 1. The Morgan fingerprint density at radius 2 is 2.12 bits per heavy atom. The molecule has 0 fully saturated rings. The van der Waals surface area contributed by atoms with Crippen LogP contribution in [0.1, 0.15) is 37.0 Å². The Balaban J connectivity index is 2.98. The average molecular weight is 221 g/mol. The van der Waals surface area contributed by atoms with Crippen molar-refractivity contribution in [1.82, 2.24) is 0 Å². The van der Waals surface area contributed by atoms with Crippen molar-refractivity contribution < 1.29 is 15.1 Å². The molecule has 0 bridgehead atoms. The quantitative estimate of drug-likeness (QED) is 0.589. The molecule has 0 atom stereocenters. The molecule has 16 heavy (non-hydrogen) atoms. The number of hydrogen-bond donors (Lipinski definition) is 1. The van der Waals surface area contributed by atoms with Crippen LogP contribution in [0.15, 0.2) is 23.3 Å². The fourth-order valence-electron chi connectivity index (χ4n) is 1.44. The van der Waals surface area contributed by atoms with Gasteiger partial charge in [-0.25, -0.2) is 0 Å². The van der Waals surface area contributed by atoms with Gasteiger partial charge in [0.2, 0.25) is 0 Å². The Bertz CT molecular complexity index is 373. The summed E-state index contributed by atoms with van der Waals surface area (Å²) in [5, 5.41) is 3.63. The second-order valence-corrected chi connectivity index (χ2v) is 3.53. The molecule has 0 heterocycles. The van der Waals surface area contributed by atoms with Crippen molar-refractivity contribution in [2.24, 2.45) is 5.11 Å². The molecule has 0 amide bonds. The van der Waals surface area contributed by atoms with Crippen LogP contribution in [0.5, 0.6) is 5.75 Å². The van der Waals surface area contributed by atoms with E-state index >= 15 is 0 Å². The van der Waals surface area contributed by atoms with E-state index in [0.717, 1.165) is 19.1 Å². The Kier molecular flexibility index (Phi) is 4.64. The van der Waals surface area contributed by atoms with E-state index in [4.69, 9.17) is 10.3 Å². The first-order valence-corrected chi connectivity index (χ1v) is 5.41. The second-order valence-electron chi connectivity index (χ2n) is 3.53. The maximum atomic E-state index is 10.7. The monoisotopic (exact) mass is 221 g/mol. The topological polar surface area (TPSA) is 64.2 Å². The Morgan fingerprint density at radius 3 is 2.62 bits per heavy atom. The summed E-state index contributed by atoms with van der Waals surface area (Å²) < 4.78 is 5.74. The minimum Gasteiger partial charge on any atom is -0.488 e. The number of rotatable bonds is 6. The lowest BCUT2D eigenvalue weighted by Gasteiger charge is -2.16. The Labute approximate surface area is 95.1 Å². The van der Waals surface area contributed by atoms with Gasteiger partial charge in [-0.15, -0.1) is 0 Å². The zero-order valence-corrected chi connectivity index (χ0v) is 9.64. The molecule has 0 saturated heterocycles. The highest BCUT2D eigenvalue weighted by atomic mass is 16.5. The van der Waals surface area contributed by atoms with Crippen LogP contribution in [0.4, 0.5) is 5.69 Å². The SMILES string of the molecule is CCC(CC)Oc1cc(C=O)ccc1N=[NH2+]. The van der Waals surface area contributed by atoms with Gasteiger partial charge < -0.3 is 4.74 Å². The van der Waals surface area contributed by atoms with Crippen LogP contribution in [-0.4, -0.2) is 12.4 Å². The van der Waals surface area contributed by atoms with Gasteiger partial charge in [-0.1, -0.05) is 13.8 Å². The summed E-state index contributed by atoms with van der Waals surface area (Å²) in [6.45, 7) is 4.11. The lowest BCUT2D eigenvalue weighted by Crippen LogP contribution is -2.22. The van der Waals surface area contributed by atoms with Crippen LogP contribution in [0.3, 0.4) is 0 Å². The van der Waals surface area contributed by atoms with Gasteiger partial charge in [0.05, 0.1) is 6.10 Å². The Hall–Kier alpha value is -1.71. The summed E-state index contributed by atoms with van der Waals surface area (Å²) in [5.41, 5.74) is 6.39. The van der Waals surface area contributed by atoms with E-state index in [1.54, 1.807) is 18.2 Å². The van der Waals surface area contributed by atoms with Gasteiger partial charge in [-0.2, -0.15) is 5.53 Å². The van der Waals surface area contributed by atoms with Crippen LogP contribution in [-0.2, 0) is 0 Å². The summed E-state index contributed by atoms with van der Waals surface area (Å²) in [6, 6.07) is 5.01. The fourth-order valence-corrected chi connectivity index (χ4v) is 1.44. The van der Waals surface area contributed by atoms with Gasteiger partial charge in [0.25, 0.3) is 0 Å². The number of nitrogens with zero attached hydrogens (tertiary/aromatic N) is 1. The van der Waals surface area contributed by atoms with E-state index in [0.29, 0.717) is 17.0 Å². The molecule has 0 unspecified atom stereocenters. The number of nitrogens with two attached hydrogens (primary N) is 1. The molecule has 0 aromatic heterocycles. The third kappa shape index (κ3) is 2.89. The molecular weight excluding hydrogens is 204 g/mol. The molecular formula is C12H17N2O2+. The summed E-state index contributed by atoms with van der Waals surface area (Å²) in [6.07, 6.45) is 2.72. The summed E-state index contributed by atoms with van der Waals surface area (Å²) in [7, 11) is 0. The van der Waals surface area contributed by atoms with Gasteiger partial charge in [-0.3, -0.25) is 4.79 Å². The third-order valence-corrected chi connectivity index (χ3v) is 2.46.